The molecule has 1 amide bonds. The fraction of sp³-hybridized carbons (Fsp3) is 0.708. The van der Waals surface area contributed by atoms with Crippen LogP contribution in [-0.4, -0.2) is 67.6 Å². The fourth-order valence-corrected chi connectivity index (χ4v) is 4.61. The Balaban J connectivity index is 0.00000320. The molecule has 3 rings (SSSR count). The zero-order valence-electron chi connectivity index (χ0n) is 19.2. The number of hydrogen-bond donors (Lipinski definition) is 1. The number of carbonyl (C=O) groups excluding carboxylic acids is 1. The van der Waals surface area contributed by atoms with Gasteiger partial charge in [-0.05, 0) is 43.0 Å². The Labute approximate surface area is 188 Å². The summed E-state index contributed by atoms with van der Waals surface area (Å²) >= 11 is 0. The van der Waals surface area contributed by atoms with Crippen molar-refractivity contribution in [3.8, 4) is 5.75 Å². The molecular weight excluding hydrogens is 398 g/mol. The van der Waals surface area contributed by atoms with E-state index in [2.05, 4.69) is 55.1 Å². The molecule has 0 spiro atoms. The summed E-state index contributed by atoms with van der Waals surface area (Å²) in [5, 5.41) is 3.19. The van der Waals surface area contributed by atoms with E-state index in [0.29, 0.717) is 0 Å². The number of benzene rings is 1. The summed E-state index contributed by atoms with van der Waals surface area (Å²) in [7, 11) is 2.19. The van der Waals surface area contributed by atoms with Crippen LogP contribution in [0.15, 0.2) is 24.3 Å². The largest absolute Gasteiger partial charge is 0.484 e. The molecule has 6 heteroatoms. The zero-order valence-corrected chi connectivity index (χ0v) is 20.0. The molecule has 1 aliphatic heterocycles. The van der Waals surface area contributed by atoms with Gasteiger partial charge in [-0.25, -0.2) is 0 Å². The van der Waals surface area contributed by atoms with Gasteiger partial charge in [0.15, 0.2) is 6.61 Å². The van der Waals surface area contributed by atoms with Crippen molar-refractivity contribution in [2.45, 2.75) is 63.8 Å². The third kappa shape index (κ3) is 6.60. The Morgan fingerprint density at radius 1 is 1.03 bits per heavy atom. The summed E-state index contributed by atoms with van der Waals surface area (Å²) in [4.78, 5) is 17.5. The molecule has 2 aliphatic rings. The van der Waals surface area contributed by atoms with Crippen molar-refractivity contribution in [2.24, 2.45) is 0 Å². The van der Waals surface area contributed by atoms with E-state index in [1.807, 2.05) is 12.1 Å². The minimum atomic E-state index is -0.0241. The monoisotopic (exact) mass is 437 g/mol. The topological polar surface area (TPSA) is 44.8 Å². The molecule has 1 saturated carbocycles. The lowest BCUT2D eigenvalue weighted by Gasteiger charge is -2.49. The number of carbonyl (C=O) groups is 1. The Bertz CT molecular complexity index is 658. The first-order chi connectivity index (χ1) is 13.8. The second kappa shape index (κ2) is 10.8. The number of ether oxygens (including phenoxy) is 1. The van der Waals surface area contributed by atoms with Gasteiger partial charge in [0.25, 0.3) is 5.91 Å². The van der Waals surface area contributed by atoms with Crippen LogP contribution in [0.3, 0.4) is 0 Å². The zero-order chi connectivity index (χ0) is 20.9. The first-order valence-corrected chi connectivity index (χ1v) is 11.2. The molecular formula is C24H40ClN3O2. The van der Waals surface area contributed by atoms with Gasteiger partial charge in [0.2, 0.25) is 0 Å². The van der Waals surface area contributed by atoms with Crippen molar-refractivity contribution in [3.05, 3.63) is 29.8 Å². The van der Waals surface area contributed by atoms with Gasteiger partial charge >= 0.3 is 0 Å². The maximum atomic E-state index is 12.5. The SMILES string of the molecule is CN1CCN(C2(CNC(=O)COc3ccc(C(C)(C)C)cc3)CCCCC2)CC1.Cl. The molecule has 1 aliphatic carbocycles. The highest BCUT2D eigenvalue weighted by Crippen LogP contribution is 2.34. The highest BCUT2D eigenvalue weighted by molar-refractivity contribution is 5.85. The second-order valence-corrected chi connectivity index (χ2v) is 9.92. The molecule has 0 atom stereocenters. The van der Waals surface area contributed by atoms with E-state index < -0.39 is 0 Å². The van der Waals surface area contributed by atoms with Gasteiger partial charge in [-0.3, -0.25) is 9.69 Å². The molecule has 170 valence electrons. The van der Waals surface area contributed by atoms with E-state index in [4.69, 9.17) is 4.74 Å². The Morgan fingerprint density at radius 2 is 1.63 bits per heavy atom. The summed E-state index contributed by atoms with van der Waals surface area (Å²) < 4.78 is 5.74. The van der Waals surface area contributed by atoms with Crippen LogP contribution in [0.1, 0.15) is 58.4 Å². The third-order valence-corrected chi connectivity index (χ3v) is 6.66. The van der Waals surface area contributed by atoms with E-state index in [-0.39, 0.29) is 35.9 Å². The number of halogens is 1. The number of hydrogen-bond acceptors (Lipinski definition) is 4. The molecule has 0 aromatic heterocycles. The van der Waals surface area contributed by atoms with Crippen LogP contribution < -0.4 is 10.1 Å². The predicted molar refractivity (Wildman–Crippen MR) is 126 cm³/mol. The first kappa shape index (κ1) is 25.0. The predicted octanol–water partition coefficient (Wildman–Crippen LogP) is 3.85. The van der Waals surface area contributed by atoms with Crippen LogP contribution >= 0.6 is 12.4 Å². The summed E-state index contributed by atoms with van der Waals surface area (Å²) in [6.07, 6.45) is 6.22. The average molecular weight is 438 g/mol. The lowest BCUT2D eigenvalue weighted by molar-refractivity contribution is -0.124. The average Bonchev–Trinajstić information content (AvgIpc) is 2.71. The van der Waals surface area contributed by atoms with Crippen molar-refractivity contribution in [3.63, 3.8) is 0 Å². The number of likely N-dealkylation sites (N-methyl/N-ethyl adjacent to an activating group) is 1. The molecule has 0 bridgehead atoms. The highest BCUT2D eigenvalue weighted by Gasteiger charge is 2.39. The van der Waals surface area contributed by atoms with Crippen LogP contribution in [0.5, 0.6) is 5.75 Å². The van der Waals surface area contributed by atoms with E-state index >= 15 is 0 Å². The molecule has 1 heterocycles. The number of nitrogens with zero attached hydrogens (tertiary/aromatic N) is 2. The summed E-state index contributed by atoms with van der Waals surface area (Å²) in [5.41, 5.74) is 1.51. The summed E-state index contributed by atoms with van der Waals surface area (Å²) in [5.74, 6) is 0.726. The molecule has 1 aromatic rings. The number of piperazine rings is 1. The first-order valence-electron chi connectivity index (χ1n) is 11.2. The number of amides is 1. The molecule has 0 unspecified atom stereocenters. The van der Waals surface area contributed by atoms with Gasteiger partial charge in [-0.1, -0.05) is 52.2 Å². The maximum absolute atomic E-state index is 12.5. The van der Waals surface area contributed by atoms with Crippen molar-refractivity contribution in [1.29, 1.82) is 0 Å². The van der Waals surface area contributed by atoms with E-state index in [1.165, 1.54) is 37.7 Å². The van der Waals surface area contributed by atoms with Crippen LogP contribution in [0, 0.1) is 0 Å². The van der Waals surface area contributed by atoms with Crippen LogP contribution in [-0.2, 0) is 10.2 Å². The molecule has 2 fully saturated rings. The highest BCUT2D eigenvalue weighted by atomic mass is 35.5. The molecule has 1 aromatic carbocycles. The van der Waals surface area contributed by atoms with Crippen LogP contribution in [0.2, 0.25) is 0 Å². The van der Waals surface area contributed by atoms with Gasteiger partial charge in [0.05, 0.1) is 0 Å². The summed E-state index contributed by atoms with van der Waals surface area (Å²) in [6.45, 7) is 11.8. The van der Waals surface area contributed by atoms with Gasteiger partial charge in [-0.2, -0.15) is 0 Å². The normalized spacial score (nSPS) is 20.3. The lowest BCUT2D eigenvalue weighted by atomic mass is 9.79. The second-order valence-electron chi connectivity index (χ2n) is 9.92. The smallest absolute Gasteiger partial charge is 0.258 e. The van der Waals surface area contributed by atoms with Crippen LogP contribution in [0.4, 0.5) is 0 Å². The quantitative estimate of drug-likeness (QED) is 0.734. The Hall–Kier alpha value is -1.30. The minimum Gasteiger partial charge on any atom is -0.484 e. The number of rotatable bonds is 6. The van der Waals surface area contributed by atoms with Crippen molar-refractivity contribution >= 4 is 18.3 Å². The van der Waals surface area contributed by atoms with Gasteiger partial charge < -0.3 is 15.0 Å². The van der Waals surface area contributed by atoms with Crippen molar-refractivity contribution < 1.29 is 9.53 Å². The number of nitrogens with one attached hydrogen (secondary N) is 1. The summed E-state index contributed by atoms with van der Waals surface area (Å²) in [6, 6.07) is 8.08. The van der Waals surface area contributed by atoms with Crippen LogP contribution in [0.25, 0.3) is 0 Å². The van der Waals surface area contributed by atoms with E-state index in [0.717, 1.165) is 38.5 Å². The van der Waals surface area contributed by atoms with Gasteiger partial charge in [0.1, 0.15) is 5.75 Å². The minimum absolute atomic E-state index is 0. The third-order valence-electron chi connectivity index (χ3n) is 6.66. The van der Waals surface area contributed by atoms with Crippen molar-refractivity contribution in [2.75, 3.05) is 46.4 Å². The fourth-order valence-electron chi connectivity index (χ4n) is 4.61. The van der Waals surface area contributed by atoms with E-state index in [1.54, 1.807) is 0 Å². The van der Waals surface area contributed by atoms with E-state index in [9.17, 15) is 4.79 Å². The Kier molecular flexibility index (Phi) is 9.01. The Morgan fingerprint density at radius 3 is 2.20 bits per heavy atom. The maximum Gasteiger partial charge on any atom is 0.258 e. The molecule has 1 saturated heterocycles. The molecule has 0 radical (unpaired) electrons. The lowest BCUT2D eigenvalue weighted by Crippen LogP contribution is -2.61. The van der Waals surface area contributed by atoms with Gasteiger partial charge in [-0.15, -0.1) is 12.4 Å². The van der Waals surface area contributed by atoms with Gasteiger partial charge in [0, 0.05) is 38.3 Å². The molecule has 1 N–H and O–H groups in total. The molecule has 30 heavy (non-hydrogen) atoms. The standard InChI is InChI=1S/C24H39N3O2.ClH/c1-23(2,3)20-8-10-21(11-9-20)29-18-22(28)25-19-24(12-6-5-7-13-24)27-16-14-26(4)15-17-27;/h8-11H,5-7,12-19H2,1-4H3,(H,25,28);1H. The van der Waals surface area contributed by atoms with Crippen molar-refractivity contribution in [1.82, 2.24) is 15.1 Å². The molecule has 5 nitrogen and oxygen atoms in total.